The van der Waals surface area contributed by atoms with E-state index in [0.29, 0.717) is 24.1 Å². The van der Waals surface area contributed by atoms with Crippen LogP contribution in [-0.2, 0) is 17.4 Å². The number of nitrogens with zero attached hydrogens (tertiary/aromatic N) is 1. The SMILES string of the molecule is C[C@H]1CC[C@@H](Oc2ccc3cc(CCCN4CCC(C(=O)O)CC4)ccc3c2C(F)(F)F)CC1. The Morgan fingerprint density at radius 3 is 2.41 bits per heavy atom. The standard InChI is InChI=1S/C27H34F3NO3/c1-18-4-8-22(9-5-18)34-24-11-7-21-17-19(6-10-23(21)25(24)27(28,29)30)3-2-14-31-15-12-20(13-16-31)26(32)33/h6-7,10-11,17-18,20,22H,2-5,8-9,12-16H2,1H3,(H,32,33)/t18-,22+. The van der Waals surface area contributed by atoms with Gasteiger partial charge in [0.15, 0.2) is 0 Å². The predicted molar refractivity (Wildman–Crippen MR) is 126 cm³/mol. The topological polar surface area (TPSA) is 49.8 Å². The zero-order valence-corrected chi connectivity index (χ0v) is 19.7. The Labute approximate surface area is 199 Å². The van der Waals surface area contributed by atoms with Crippen molar-refractivity contribution in [2.24, 2.45) is 11.8 Å². The third-order valence-electron chi connectivity index (χ3n) is 7.46. The fraction of sp³-hybridized carbons (Fsp3) is 0.593. The van der Waals surface area contributed by atoms with Gasteiger partial charge in [0.2, 0.25) is 0 Å². The lowest BCUT2D eigenvalue weighted by Crippen LogP contribution is -2.36. The molecule has 4 nitrogen and oxygen atoms in total. The number of aliphatic carboxylic acids is 1. The summed E-state index contributed by atoms with van der Waals surface area (Å²) in [6.45, 7) is 4.61. The van der Waals surface area contributed by atoms with Gasteiger partial charge in [-0.1, -0.05) is 31.2 Å². The summed E-state index contributed by atoms with van der Waals surface area (Å²) in [6.07, 6.45) is 1.93. The number of likely N-dealkylation sites (tertiary alicyclic amines) is 1. The van der Waals surface area contributed by atoms with Crippen LogP contribution < -0.4 is 4.74 Å². The largest absolute Gasteiger partial charge is 0.490 e. The van der Waals surface area contributed by atoms with Gasteiger partial charge in [-0.05, 0) is 99.3 Å². The average molecular weight is 478 g/mol. The van der Waals surface area contributed by atoms with E-state index in [1.165, 1.54) is 6.07 Å². The van der Waals surface area contributed by atoms with Crippen LogP contribution >= 0.6 is 0 Å². The number of ether oxygens (including phenoxy) is 1. The second kappa shape index (κ2) is 10.5. The molecule has 34 heavy (non-hydrogen) atoms. The molecule has 0 unspecified atom stereocenters. The molecule has 0 aromatic heterocycles. The van der Waals surface area contributed by atoms with E-state index in [1.807, 2.05) is 6.07 Å². The highest BCUT2D eigenvalue weighted by Crippen LogP contribution is 2.42. The van der Waals surface area contributed by atoms with Crippen LogP contribution in [-0.4, -0.2) is 41.7 Å². The molecule has 186 valence electrons. The van der Waals surface area contributed by atoms with Gasteiger partial charge in [0.1, 0.15) is 11.3 Å². The highest BCUT2D eigenvalue weighted by Gasteiger charge is 2.37. The molecule has 0 bridgehead atoms. The van der Waals surface area contributed by atoms with Gasteiger partial charge in [0.05, 0.1) is 12.0 Å². The number of alkyl halides is 3. The number of fused-ring (bicyclic) bond motifs is 1. The minimum atomic E-state index is -4.49. The Morgan fingerprint density at radius 1 is 1.06 bits per heavy atom. The van der Waals surface area contributed by atoms with Gasteiger partial charge in [-0.15, -0.1) is 0 Å². The summed E-state index contributed by atoms with van der Waals surface area (Å²) < 4.78 is 48.1. The van der Waals surface area contributed by atoms with E-state index >= 15 is 0 Å². The summed E-state index contributed by atoms with van der Waals surface area (Å²) >= 11 is 0. The van der Waals surface area contributed by atoms with Crippen LogP contribution in [0.25, 0.3) is 10.8 Å². The lowest BCUT2D eigenvalue weighted by molar-refractivity contribution is -0.143. The fourth-order valence-corrected chi connectivity index (χ4v) is 5.34. The van der Waals surface area contributed by atoms with Crippen molar-refractivity contribution in [3.05, 3.63) is 41.5 Å². The monoisotopic (exact) mass is 477 g/mol. The summed E-state index contributed by atoms with van der Waals surface area (Å²) in [7, 11) is 0. The zero-order chi connectivity index (χ0) is 24.3. The number of hydrogen-bond acceptors (Lipinski definition) is 3. The Balaban J connectivity index is 1.42. The number of piperidine rings is 1. The molecule has 2 fully saturated rings. The highest BCUT2D eigenvalue weighted by molar-refractivity contribution is 5.89. The molecule has 2 aromatic carbocycles. The second-order valence-corrected chi connectivity index (χ2v) is 10.0. The summed E-state index contributed by atoms with van der Waals surface area (Å²) in [6, 6.07) is 8.46. The third kappa shape index (κ3) is 6.04. The molecule has 0 radical (unpaired) electrons. The number of carboxylic acids is 1. The summed E-state index contributed by atoms with van der Waals surface area (Å²) in [4.78, 5) is 13.4. The minimum Gasteiger partial charge on any atom is -0.490 e. The van der Waals surface area contributed by atoms with Gasteiger partial charge in [-0.2, -0.15) is 13.2 Å². The van der Waals surface area contributed by atoms with Gasteiger partial charge in [-0.3, -0.25) is 4.79 Å². The van der Waals surface area contributed by atoms with Crippen molar-refractivity contribution in [1.29, 1.82) is 0 Å². The molecule has 0 atom stereocenters. The van der Waals surface area contributed by atoms with Crippen molar-refractivity contribution in [3.8, 4) is 5.75 Å². The number of carbonyl (C=O) groups is 1. The quantitative estimate of drug-likeness (QED) is 0.492. The molecular weight excluding hydrogens is 443 g/mol. The van der Waals surface area contributed by atoms with Gasteiger partial charge in [0, 0.05) is 0 Å². The van der Waals surface area contributed by atoms with Crippen LogP contribution in [0.15, 0.2) is 30.3 Å². The first kappa shape index (κ1) is 24.8. The highest BCUT2D eigenvalue weighted by atomic mass is 19.4. The fourth-order valence-electron chi connectivity index (χ4n) is 5.34. The number of aryl methyl sites for hydroxylation is 1. The van der Waals surface area contributed by atoms with Crippen LogP contribution in [0.5, 0.6) is 5.75 Å². The van der Waals surface area contributed by atoms with Gasteiger partial charge >= 0.3 is 12.1 Å². The van der Waals surface area contributed by atoms with Crippen molar-refractivity contribution < 1.29 is 27.8 Å². The first-order valence-electron chi connectivity index (χ1n) is 12.5. The van der Waals surface area contributed by atoms with Crippen LogP contribution in [0, 0.1) is 11.8 Å². The molecule has 1 saturated carbocycles. The Hall–Kier alpha value is -2.28. The van der Waals surface area contributed by atoms with Crippen LogP contribution in [0.1, 0.15) is 63.0 Å². The van der Waals surface area contributed by atoms with E-state index < -0.39 is 17.7 Å². The number of carboxylic acid groups (broad SMARTS) is 1. The maximum atomic E-state index is 14.1. The molecule has 7 heteroatoms. The van der Waals surface area contributed by atoms with Crippen molar-refractivity contribution >= 4 is 16.7 Å². The van der Waals surface area contributed by atoms with E-state index in [2.05, 4.69) is 11.8 Å². The van der Waals surface area contributed by atoms with E-state index in [9.17, 15) is 18.0 Å². The molecule has 0 spiro atoms. The van der Waals surface area contributed by atoms with Gasteiger partial charge in [-0.25, -0.2) is 0 Å². The van der Waals surface area contributed by atoms with Crippen molar-refractivity contribution in [1.82, 2.24) is 4.90 Å². The summed E-state index contributed by atoms with van der Waals surface area (Å²) in [5.41, 5.74) is 0.340. The van der Waals surface area contributed by atoms with Crippen LogP contribution in [0.3, 0.4) is 0 Å². The van der Waals surface area contributed by atoms with Crippen molar-refractivity contribution in [2.75, 3.05) is 19.6 Å². The first-order valence-corrected chi connectivity index (χ1v) is 12.5. The number of halogens is 3. The molecule has 1 aliphatic carbocycles. The molecule has 1 aliphatic heterocycles. The zero-order valence-electron chi connectivity index (χ0n) is 19.7. The molecule has 0 amide bonds. The molecule has 4 rings (SSSR count). The van der Waals surface area contributed by atoms with Crippen molar-refractivity contribution in [3.63, 3.8) is 0 Å². The number of hydrogen-bond donors (Lipinski definition) is 1. The third-order valence-corrected chi connectivity index (χ3v) is 7.46. The normalized spacial score (nSPS) is 22.7. The summed E-state index contributed by atoms with van der Waals surface area (Å²) in [5, 5.41) is 9.89. The molecular formula is C27H34F3NO3. The predicted octanol–water partition coefficient (Wildman–Crippen LogP) is 6.55. The maximum absolute atomic E-state index is 14.1. The van der Waals surface area contributed by atoms with E-state index in [-0.39, 0.29) is 23.2 Å². The Morgan fingerprint density at radius 2 is 1.76 bits per heavy atom. The molecule has 1 N–H and O–H groups in total. The molecule has 1 saturated heterocycles. The number of benzene rings is 2. The van der Waals surface area contributed by atoms with Crippen LogP contribution in [0.4, 0.5) is 13.2 Å². The number of rotatable bonds is 7. The van der Waals surface area contributed by atoms with Crippen molar-refractivity contribution in [2.45, 2.75) is 70.6 Å². The Bertz CT molecular complexity index is 991. The van der Waals surface area contributed by atoms with Crippen LogP contribution in [0.2, 0.25) is 0 Å². The molecule has 2 aromatic rings. The second-order valence-electron chi connectivity index (χ2n) is 10.0. The van der Waals surface area contributed by atoms with E-state index in [0.717, 1.165) is 63.7 Å². The molecule has 1 heterocycles. The lowest BCUT2D eigenvalue weighted by Gasteiger charge is -2.29. The lowest BCUT2D eigenvalue weighted by atomic mass is 9.89. The minimum absolute atomic E-state index is 0.0583. The van der Waals surface area contributed by atoms with Gasteiger partial charge < -0.3 is 14.7 Å². The summed E-state index contributed by atoms with van der Waals surface area (Å²) in [5.74, 6) is -0.406. The van der Waals surface area contributed by atoms with E-state index in [1.54, 1.807) is 18.2 Å². The Kier molecular flexibility index (Phi) is 7.70. The first-order chi connectivity index (χ1) is 16.2. The smallest absolute Gasteiger partial charge is 0.420 e. The van der Waals surface area contributed by atoms with E-state index in [4.69, 9.17) is 9.84 Å². The molecule has 2 aliphatic rings. The van der Waals surface area contributed by atoms with Gasteiger partial charge in [0.25, 0.3) is 0 Å². The average Bonchev–Trinajstić information content (AvgIpc) is 2.80. The maximum Gasteiger partial charge on any atom is 0.420 e.